The SMILES string of the molecule is Cc1oc2c(C)cc3ccc(=O)oc3c2c1C. The van der Waals surface area contributed by atoms with E-state index in [1.165, 1.54) is 6.07 Å². The molecule has 0 aliphatic rings. The average molecular weight is 228 g/mol. The number of furan rings is 1. The first kappa shape index (κ1) is 10.1. The van der Waals surface area contributed by atoms with Gasteiger partial charge in [0.2, 0.25) is 0 Å². The topological polar surface area (TPSA) is 43.4 Å². The predicted molar refractivity (Wildman–Crippen MR) is 66.5 cm³/mol. The summed E-state index contributed by atoms with van der Waals surface area (Å²) in [4.78, 5) is 11.3. The molecule has 3 rings (SSSR count). The molecule has 0 aliphatic heterocycles. The van der Waals surface area contributed by atoms with Crippen molar-refractivity contribution in [1.82, 2.24) is 0 Å². The van der Waals surface area contributed by atoms with Gasteiger partial charge in [0.05, 0.1) is 5.39 Å². The second-order valence-corrected chi connectivity index (χ2v) is 4.35. The molecule has 0 bridgehead atoms. The van der Waals surface area contributed by atoms with Crippen molar-refractivity contribution in [1.29, 1.82) is 0 Å². The molecule has 0 spiro atoms. The highest BCUT2D eigenvalue weighted by molar-refractivity contribution is 6.05. The van der Waals surface area contributed by atoms with E-state index in [-0.39, 0.29) is 5.63 Å². The fourth-order valence-corrected chi connectivity index (χ4v) is 2.21. The van der Waals surface area contributed by atoms with Gasteiger partial charge >= 0.3 is 5.63 Å². The van der Waals surface area contributed by atoms with Crippen LogP contribution >= 0.6 is 0 Å². The lowest BCUT2D eigenvalue weighted by molar-refractivity contribution is 0.562. The van der Waals surface area contributed by atoms with E-state index < -0.39 is 0 Å². The Morgan fingerprint density at radius 2 is 1.76 bits per heavy atom. The van der Waals surface area contributed by atoms with Gasteiger partial charge < -0.3 is 8.83 Å². The lowest BCUT2D eigenvalue weighted by Gasteiger charge is -2.00. The summed E-state index contributed by atoms with van der Waals surface area (Å²) in [5, 5.41) is 1.84. The molecule has 0 aliphatic carbocycles. The lowest BCUT2D eigenvalue weighted by Crippen LogP contribution is -1.95. The number of benzene rings is 1. The highest BCUT2D eigenvalue weighted by Gasteiger charge is 2.14. The Hall–Kier alpha value is -2.03. The fraction of sp³-hybridized carbons (Fsp3) is 0.214. The minimum absolute atomic E-state index is 0.332. The Morgan fingerprint density at radius 1 is 1.00 bits per heavy atom. The molecule has 0 N–H and O–H groups in total. The zero-order valence-corrected chi connectivity index (χ0v) is 9.96. The molecule has 2 heterocycles. The summed E-state index contributed by atoms with van der Waals surface area (Å²) in [6, 6.07) is 5.20. The maximum absolute atomic E-state index is 11.3. The van der Waals surface area contributed by atoms with Crippen molar-refractivity contribution >= 4 is 21.9 Å². The summed E-state index contributed by atoms with van der Waals surface area (Å²) in [5.74, 6) is 0.863. The van der Waals surface area contributed by atoms with Gasteiger partial charge in [-0.05, 0) is 38.5 Å². The molecule has 0 fully saturated rings. The number of fused-ring (bicyclic) bond motifs is 3. The van der Waals surface area contributed by atoms with Gasteiger partial charge in [-0.2, -0.15) is 0 Å². The third-order valence-corrected chi connectivity index (χ3v) is 3.21. The van der Waals surface area contributed by atoms with Gasteiger partial charge in [0.1, 0.15) is 16.9 Å². The third kappa shape index (κ3) is 1.32. The van der Waals surface area contributed by atoms with Crippen molar-refractivity contribution in [2.24, 2.45) is 0 Å². The van der Waals surface area contributed by atoms with Crippen LogP contribution in [0.4, 0.5) is 0 Å². The normalized spacial score (nSPS) is 11.5. The molecule has 0 amide bonds. The second kappa shape index (κ2) is 3.23. The summed E-state index contributed by atoms with van der Waals surface area (Å²) in [7, 11) is 0. The van der Waals surface area contributed by atoms with E-state index >= 15 is 0 Å². The van der Waals surface area contributed by atoms with Crippen LogP contribution in [0.1, 0.15) is 16.9 Å². The predicted octanol–water partition coefficient (Wildman–Crippen LogP) is 3.46. The Labute approximate surface area is 97.7 Å². The Balaban J connectivity index is 2.69. The van der Waals surface area contributed by atoms with Crippen molar-refractivity contribution in [2.45, 2.75) is 20.8 Å². The Morgan fingerprint density at radius 3 is 2.53 bits per heavy atom. The van der Waals surface area contributed by atoms with Gasteiger partial charge in [0.15, 0.2) is 0 Å². The van der Waals surface area contributed by atoms with Crippen LogP contribution in [0.3, 0.4) is 0 Å². The smallest absolute Gasteiger partial charge is 0.336 e. The largest absolute Gasteiger partial charge is 0.461 e. The highest BCUT2D eigenvalue weighted by atomic mass is 16.4. The maximum atomic E-state index is 11.3. The van der Waals surface area contributed by atoms with Crippen LogP contribution in [0.2, 0.25) is 0 Å². The van der Waals surface area contributed by atoms with Crippen LogP contribution in [0.15, 0.2) is 31.8 Å². The summed E-state index contributed by atoms with van der Waals surface area (Å²) in [6.45, 7) is 5.89. The van der Waals surface area contributed by atoms with Crippen molar-refractivity contribution in [3.05, 3.63) is 45.5 Å². The van der Waals surface area contributed by atoms with E-state index in [0.717, 1.165) is 33.2 Å². The molecule has 0 saturated carbocycles. The molecule has 2 aromatic heterocycles. The number of hydrogen-bond acceptors (Lipinski definition) is 3. The van der Waals surface area contributed by atoms with E-state index in [9.17, 15) is 4.79 Å². The first-order chi connectivity index (χ1) is 8.08. The van der Waals surface area contributed by atoms with Gasteiger partial charge in [0, 0.05) is 17.0 Å². The van der Waals surface area contributed by atoms with E-state index in [1.807, 2.05) is 26.8 Å². The molecule has 17 heavy (non-hydrogen) atoms. The molecule has 1 aromatic carbocycles. The van der Waals surface area contributed by atoms with Crippen LogP contribution < -0.4 is 5.63 Å². The zero-order valence-electron chi connectivity index (χ0n) is 9.96. The highest BCUT2D eigenvalue weighted by Crippen LogP contribution is 2.33. The van der Waals surface area contributed by atoms with Gasteiger partial charge in [-0.1, -0.05) is 0 Å². The first-order valence-electron chi connectivity index (χ1n) is 5.51. The number of aryl methyl sites for hydroxylation is 3. The summed E-state index contributed by atoms with van der Waals surface area (Å²) in [5.41, 5.74) is 3.18. The third-order valence-electron chi connectivity index (χ3n) is 3.21. The van der Waals surface area contributed by atoms with Gasteiger partial charge in [-0.25, -0.2) is 4.79 Å². The summed E-state index contributed by atoms with van der Waals surface area (Å²) in [6.07, 6.45) is 0. The van der Waals surface area contributed by atoms with E-state index in [4.69, 9.17) is 8.83 Å². The van der Waals surface area contributed by atoms with Crippen LogP contribution in [-0.2, 0) is 0 Å². The van der Waals surface area contributed by atoms with Crippen molar-refractivity contribution < 1.29 is 8.83 Å². The molecule has 3 nitrogen and oxygen atoms in total. The number of rotatable bonds is 0. The summed E-state index contributed by atoms with van der Waals surface area (Å²) < 4.78 is 11.0. The van der Waals surface area contributed by atoms with E-state index in [1.54, 1.807) is 6.07 Å². The van der Waals surface area contributed by atoms with Crippen molar-refractivity contribution in [3.8, 4) is 0 Å². The molecule has 0 radical (unpaired) electrons. The van der Waals surface area contributed by atoms with Gasteiger partial charge in [0.25, 0.3) is 0 Å². The minimum Gasteiger partial charge on any atom is -0.461 e. The van der Waals surface area contributed by atoms with E-state index in [0.29, 0.717) is 5.58 Å². The molecular formula is C14H12O3. The molecule has 0 atom stereocenters. The lowest BCUT2D eigenvalue weighted by atomic mass is 10.1. The van der Waals surface area contributed by atoms with Crippen LogP contribution in [0, 0.1) is 20.8 Å². The van der Waals surface area contributed by atoms with Crippen molar-refractivity contribution in [2.75, 3.05) is 0 Å². The second-order valence-electron chi connectivity index (χ2n) is 4.35. The summed E-state index contributed by atoms with van der Waals surface area (Å²) >= 11 is 0. The van der Waals surface area contributed by atoms with Crippen LogP contribution in [0.25, 0.3) is 21.9 Å². The average Bonchev–Trinajstić information content (AvgIpc) is 2.58. The van der Waals surface area contributed by atoms with Crippen molar-refractivity contribution in [3.63, 3.8) is 0 Å². The molecule has 3 aromatic rings. The molecule has 0 saturated heterocycles. The molecule has 3 heteroatoms. The molecule has 0 unspecified atom stereocenters. The molecule has 86 valence electrons. The van der Waals surface area contributed by atoms with Gasteiger partial charge in [-0.3, -0.25) is 0 Å². The van der Waals surface area contributed by atoms with Gasteiger partial charge in [-0.15, -0.1) is 0 Å². The number of hydrogen-bond donors (Lipinski definition) is 0. The first-order valence-corrected chi connectivity index (χ1v) is 5.51. The Kier molecular flexibility index (Phi) is 1.93. The fourth-order valence-electron chi connectivity index (χ4n) is 2.21. The quantitative estimate of drug-likeness (QED) is 0.553. The maximum Gasteiger partial charge on any atom is 0.336 e. The monoisotopic (exact) mass is 228 g/mol. The zero-order chi connectivity index (χ0) is 12.2. The Bertz CT molecular complexity index is 790. The van der Waals surface area contributed by atoms with Crippen LogP contribution in [0.5, 0.6) is 0 Å². The minimum atomic E-state index is -0.332. The van der Waals surface area contributed by atoms with Crippen LogP contribution in [-0.4, -0.2) is 0 Å². The molecular weight excluding hydrogens is 216 g/mol. The standard InChI is InChI=1S/C14H12O3/c1-7-6-10-4-5-11(15)17-14(10)12-8(2)9(3)16-13(7)12/h4-6H,1-3H3. The van der Waals surface area contributed by atoms with E-state index in [2.05, 4.69) is 0 Å².